The Morgan fingerprint density at radius 2 is 1.67 bits per heavy atom. The monoisotopic (exact) mass is 394 g/mol. The molecule has 1 aliphatic heterocycles. The van der Waals surface area contributed by atoms with Crippen LogP contribution in [0.3, 0.4) is 0 Å². The number of nitrogens with one attached hydrogen (secondary N) is 1. The molecular formula is C21H34N2O3S. The van der Waals surface area contributed by atoms with Gasteiger partial charge in [-0.1, -0.05) is 30.3 Å². The van der Waals surface area contributed by atoms with Crippen LogP contribution < -0.4 is 4.72 Å². The fourth-order valence-corrected chi connectivity index (χ4v) is 4.04. The largest absolute Gasteiger partial charge is 0.444 e. The lowest BCUT2D eigenvalue weighted by Crippen LogP contribution is -2.45. The maximum absolute atomic E-state index is 12.7. The number of likely N-dealkylation sites (tertiary alicyclic amines) is 1. The van der Waals surface area contributed by atoms with Crippen molar-refractivity contribution >= 4 is 17.1 Å². The van der Waals surface area contributed by atoms with E-state index in [0.717, 1.165) is 18.4 Å². The van der Waals surface area contributed by atoms with Gasteiger partial charge in [-0.3, -0.25) is 0 Å². The van der Waals surface area contributed by atoms with E-state index in [-0.39, 0.29) is 16.9 Å². The molecule has 1 fully saturated rings. The summed E-state index contributed by atoms with van der Waals surface area (Å²) in [5.74, 6) is 0.317. The van der Waals surface area contributed by atoms with Crippen LogP contribution in [0.4, 0.5) is 4.79 Å². The molecule has 1 unspecified atom stereocenters. The molecule has 1 saturated heterocycles. The number of ether oxygens (including phenoxy) is 1. The molecule has 27 heavy (non-hydrogen) atoms. The third-order valence-electron chi connectivity index (χ3n) is 4.61. The Hall–Kier alpha value is -1.40. The van der Waals surface area contributed by atoms with Crippen molar-refractivity contribution in [1.29, 1.82) is 0 Å². The number of benzene rings is 1. The second-order valence-corrected chi connectivity index (χ2v) is 11.2. The Morgan fingerprint density at radius 3 is 2.15 bits per heavy atom. The maximum atomic E-state index is 12.7. The van der Waals surface area contributed by atoms with Crippen LogP contribution in [0.5, 0.6) is 0 Å². The second-order valence-electron chi connectivity index (χ2n) is 9.19. The van der Waals surface area contributed by atoms with Gasteiger partial charge in [0.15, 0.2) is 0 Å². The van der Waals surface area contributed by atoms with E-state index in [1.807, 2.05) is 59.7 Å². The van der Waals surface area contributed by atoms with E-state index in [1.54, 1.807) is 4.90 Å². The van der Waals surface area contributed by atoms with Crippen LogP contribution in [0.15, 0.2) is 30.3 Å². The molecule has 5 nitrogen and oxygen atoms in total. The number of carbonyl (C=O) groups is 1. The Kier molecular flexibility index (Phi) is 7.09. The molecule has 152 valence electrons. The van der Waals surface area contributed by atoms with Gasteiger partial charge in [-0.15, -0.1) is 0 Å². The summed E-state index contributed by atoms with van der Waals surface area (Å²) in [6.07, 6.45) is 1.46. The highest BCUT2D eigenvalue weighted by Crippen LogP contribution is 2.32. The zero-order valence-corrected chi connectivity index (χ0v) is 18.3. The number of hydrogen-bond acceptors (Lipinski definition) is 3. The molecule has 1 amide bonds. The number of nitrogens with zero attached hydrogens (tertiary/aromatic N) is 1. The van der Waals surface area contributed by atoms with E-state index in [0.29, 0.717) is 19.0 Å². The predicted octanol–water partition coefficient (Wildman–Crippen LogP) is 4.43. The zero-order valence-electron chi connectivity index (χ0n) is 17.5. The standard InChI is InChI=1S/C21H34N2O3S/c1-20(2,3)26-19(24)23-14-12-17(13-15-23)18(16-10-8-7-9-11-16)22-27(25)21(4,5)6/h7-11,17-18,22H,12-15H2,1-6H3/t18-,27?/m1/s1. The zero-order chi connectivity index (χ0) is 20.2. The van der Waals surface area contributed by atoms with E-state index < -0.39 is 16.6 Å². The van der Waals surface area contributed by atoms with Gasteiger partial charge in [-0.25, -0.2) is 13.7 Å². The van der Waals surface area contributed by atoms with Gasteiger partial charge in [0.05, 0.1) is 15.7 Å². The SMILES string of the molecule is CC(C)(C)OC(=O)N1CCC([C@H](NS(=O)C(C)(C)C)c2ccccc2)CC1. The minimum Gasteiger partial charge on any atom is -0.444 e. The van der Waals surface area contributed by atoms with Crippen LogP contribution in [0.1, 0.15) is 66.0 Å². The van der Waals surface area contributed by atoms with Crippen molar-refractivity contribution in [2.45, 2.75) is 70.8 Å². The third-order valence-corrected chi connectivity index (χ3v) is 6.19. The van der Waals surface area contributed by atoms with E-state index in [4.69, 9.17) is 4.74 Å². The van der Waals surface area contributed by atoms with Crippen LogP contribution >= 0.6 is 0 Å². The van der Waals surface area contributed by atoms with Gasteiger partial charge < -0.3 is 9.64 Å². The van der Waals surface area contributed by atoms with Crippen LogP contribution in [0.2, 0.25) is 0 Å². The van der Waals surface area contributed by atoms with Crippen LogP contribution in [-0.2, 0) is 15.7 Å². The first-order valence-corrected chi connectivity index (χ1v) is 10.8. The van der Waals surface area contributed by atoms with E-state index in [2.05, 4.69) is 16.9 Å². The molecule has 1 aromatic carbocycles. The van der Waals surface area contributed by atoms with Crippen LogP contribution in [0, 0.1) is 5.92 Å². The highest BCUT2D eigenvalue weighted by atomic mass is 32.2. The van der Waals surface area contributed by atoms with Gasteiger partial charge in [-0.05, 0) is 65.9 Å². The summed E-state index contributed by atoms with van der Waals surface area (Å²) in [5, 5.41) is 0. The van der Waals surface area contributed by atoms with Crippen molar-refractivity contribution in [3.05, 3.63) is 35.9 Å². The lowest BCUT2D eigenvalue weighted by atomic mass is 9.86. The molecule has 0 bridgehead atoms. The number of amides is 1. The Morgan fingerprint density at radius 1 is 1.11 bits per heavy atom. The fraction of sp³-hybridized carbons (Fsp3) is 0.667. The molecule has 2 rings (SSSR count). The lowest BCUT2D eigenvalue weighted by molar-refractivity contribution is 0.0172. The first-order chi connectivity index (χ1) is 12.5. The Labute approximate surface area is 166 Å². The van der Waals surface area contributed by atoms with Crippen molar-refractivity contribution in [2.24, 2.45) is 5.92 Å². The molecule has 2 atom stereocenters. The molecule has 0 spiro atoms. The molecular weight excluding hydrogens is 360 g/mol. The normalized spacial score (nSPS) is 18.8. The second kappa shape index (κ2) is 8.74. The summed E-state index contributed by atoms with van der Waals surface area (Å²) < 4.78 is 21.3. The van der Waals surface area contributed by atoms with Crippen molar-refractivity contribution < 1.29 is 13.7 Å². The summed E-state index contributed by atoms with van der Waals surface area (Å²) in [6, 6.07) is 10.2. The van der Waals surface area contributed by atoms with Gasteiger partial charge in [0.1, 0.15) is 5.60 Å². The van der Waals surface area contributed by atoms with Crippen molar-refractivity contribution in [3.63, 3.8) is 0 Å². The van der Waals surface area contributed by atoms with Crippen LogP contribution in [0.25, 0.3) is 0 Å². The highest BCUT2D eigenvalue weighted by molar-refractivity contribution is 7.84. The predicted molar refractivity (Wildman–Crippen MR) is 111 cm³/mol. The number of carbonyl (C=O) groups excluding carboxylic acids is 1. The van der Waals surface area contributed by atoms with Gasteiger partial charge in [0.25, 0.3) is 0 Å². The smallest absolute Gasteiger partial charge is 0.410 e. The highest BCUT2D eigenvalue weighted by Gasteiger charge is 2.33. The average molecular weight is 395 g/mol. The molecule has 1 aliphatic rings. The number of rotatable bonds is 4. The fourth-order valence-electron chi connectivity index (χ4n) is 3.13. The minimum absolute atomic E-state index is 0.00652. The Balaban J connectivity index is 2.07. The minimum atomic E-state index is -1.16. The first kappa shape index (κ1) is 21.9. The Bertz CT molecular complexity index is 642. The summed E-state index contributed by atoms with van der Waals surface area (Å²) in [6.45, 7) is 12.9. The van der Waals surface area contributed by atoms with E-state index in [1.165, 1.54) is 0 Å². The number of hydrogen-bond donors (Lipinski definition) is 1. The topological polar surface area (TPSA) is 58.6 Å². The quantitative estimate of drug-likeness (QED) is 0.822. The molecule has 1 heterocycles. The van der Waals surface area contributed by atoms with Crippen molar-refractivity contribution in [1.82, 2.24) is 9.62 Å². The van der Waals surface area contributed by atoms with Gasteiger partial charge >= 0.3 is 6.09 Å². The maximum Gasteiger partial charge on any atom is 0.410 e. The summed E-state index contributed by atoms with van der Waals surface area (Å²) in [5.41, 5.74) is 0.664. The summed E-state index contributed by atoms with van der Waals surface area (Å²) >= 11 is 0. The first-order valence-electron chi connectivity index (χ1n) is 9.68. The van der Waals surface area contributed by atoms with Gasteiger partial charge in [0.2, 0.25) is 0 Å². The van der Waals surface area contributed by atoms with Crippen molar-refractivity contribution in [2.75, 3.05) is 13.1 Å². The summed E-state index contributed by atoms with van der Waals surface area (Å²) in [7, 11) is -1.16. The van der Waals surface area contributed by atoms with Crippen molar-refractivity contribution in [3.8, 4) is 0 Å². The molecule has 1 N–H and O–H groups in total. The lowest BCUT2D eigenvalue weighted by Gasteiger charge is -2.37. The molecule has 0 radical (unpaired) electrons. The molecule has 6 heteroatoms. The van der Waals surface area contributed by atoms with E-state index >= 15 is 0 Å². The third kappa shape index (κ3) is 6.61. The summed E-state index contributed by atoms with van der Waals surface area (Å²) in [4.78, 5) is 14.1. The average Bonchev–Trinajstić information content (AvgIpc) is 2.58. The molecule has 1 aromatic rings. The van der Waals surface area contributed by atoms with Crippen LogP contribution in [-0.4, -0.2) is 38.6 Å². The molecule has 0 aliphatic carbocycles. The molecule has 0 saturated carbocycles. The van der Waals surface area contributed by atoms with E-state index in [9.17, 15) is 9.00 Å². The molecule has 0 aromatic heterocycles. The number of piperidine rings is 1. The van der Waals surface area contributed by atoms with Gasteiger partial charge in [0, 0.05) is 19.1 Å². The van der Waals surface area contributed by atoms with Gasteiger partial charge in [-0.2, -0.15) is 0 Å².